The van der Waals surface area contributed by atoms with Crippen molar-refractivity contribution in [3.05, 3.63) is 38.5 Å². The minimum absolute atomic E-state index is 0.833. The van der Waals surface area contributed by atoms with Crippen LogP contribution in [0.25, 0.3) is 0 Å². The topological polar surface area (TPSA) is 112 Å². The number of aliphatic carboxylic acids is 3. The molecule has 0 unspecified atom stereocenters. The molecule has 0 aromatic rings. The van der Waals surface area contributed by atoms with Crippen LogP contribution in [0.2, 0.25) is 0 Å². The van der Waals surface area contributed by atoms with Gasteiger partial charge in [-0.3, -0.25) is 4.79 Å². The van der Waals surface area contributed by atoms with Crippen LogP contribution in [0.15, 0.2) is 38.5 Å². The van der Waals surface area contributed by atoms with Crippen LogP contribution >= 0.6 is 0 Å². The predicted octanol–water partition coefficient (Wildman–Crippen LogP) is 1.41. The van der Waals surface area contributed by atoms with Crippen molar-refractivity contribution in [2.24, 2.45) is 0 Å². The van der Waals surface area contributed by atoms with Crippen LogP contribution in [0.3, 0.4) is 0 Å². The smallest absolute Gasteiger partial charge is 0.327 e. The van der Waals surface area contributed by atoms with Crippen molar-refractivity contribution >= 4 is 17.9 Å². The van der Waals surface area contributed by atoms with E-state index in [1.54, 1.807) is 0 Å². The average Bonchev–Trinajstić information content (AvgIpc) is 2.20. The van der Waals surface area contributed by atoms with Crippen LogP contribution in [0.4, 0.5) is 0 Å². The van der Waals surface area contributed by atoms with E-state index in [2.05, 4.69) is 26.3 Å². The molecule has 0 rings (SSSR count). The second-order valence-electron chi connectivity index (χ2n) is 1.60. The number of carboxylic acids is 3. The monoisotopic (exact) mass is 232 g/mol. The summed E-state index contributed by atoms with van der Waals surface area (Å²) in [4.78, 5) is 27.5. The SMILES string of the molecule is C=C.C=CC(=O)O.C=CC(=O)O.CC(=O)O. The van der Waals surface area contributed by atoms with E-state index in [-0.39, 0.29) is 0 Å². The van der Waals surface area contributed by atoms with Gasteiger partial charge in [0.25, 0.3) is 5.97 Å². The summed E-state index contributed by atoms with van der Waals surface area (Å²) in [5.41, 5.74) is 0. The second kappa shape index (κ2) is 22.9. The third-order valence-corrected chi connectivity index (χ3v) is 0.349. The highest BCUT2D eigenvalue weighted by Gasteiger charge is 1.73. The third-order valence-electron chi connectivity index (χ3n) is 0.349. The highest BCUT2D eigenvalue weighted by atomic mass is 16.4. The fraction of sp³-hybridized carbons (Fsp3) is 0.100. The van der Waals surface area contributed by atoms with E-state index in [1.165, 1.54) is 0 Å². The first-order valence-corrected chi connectivity index (χ1v) is 3.68. The Hall–Kier alpha value is -2.37. The van der Waals surface area contributed by atoms with E-state index < -0.39 is 17.9 Å². The lowest BCUT2D eigenvalue weighted by atomic mass is 10.7. The van der Waals surface area contributed by atoms with Gasteiger partial charge in [0.15, 0.2) is 0 Å². The Labute approximate surface area is 93.8 Å². The van der Waals surface area contributed by atoms with Gasteiger partial charge in [-0.1, -0.05) is 13.2 Å². The molecule has 0 amide bonds. The molecule has 3 N–H and O–H groups in total. The Morgan fingerprint density at radius 3 is 0.938 bits per heavy atom. The van der Waals surface area contributed by atoms with Gasteiger partial charge < -0.3 is 15.3 Å². The van der Waals surface area contributed by atoms with E-state index >= 15 is 0 Å². The maximum absolute atomic E-state index is 9.25. The molecule has 92 valence electrons. The first kappa shape index (κ1) is 23.4. The normalized spacial score (nSPS) is 5.81. The molecule has 0 aliphatic rings. The summed E-state index contributed by atoms with van der Waals surface area (Å²) in [6, 6.07) is 0. The van der Waals surface area contributed by atoms with Gasteiger partial charge in [-0.25, -0.2) is 9.59 Å². The lowest BCUT2D eigenvalue weighted by Crippen LogP contribution is -1.82. The second-order valence-corrected chi connectivity index (χ2v) is 1.60. The Balaban J connectivity index is -0.0000000629. The average molecular weight is 232 g/mol. The minimum Gasteiger partial charge on any atom is -0.481 e. The Bertz CT molecular complexity index is 209. The number of rotatable bonds is 2. The molecule has 0 bridgehead atoms. The fourth-order valence-corrected chi connectivity index (χ4v) is 0. The summed E-state index contributed by atoms with van der Waals surface area (Å²) < 4.78 is 0. The van der Waals surface area contributed by atoms with Gasteiger partial charge in [0.2, 0.25) is 0 Å². The lowest BCUT2D eigenvalue weighted by molar-refractivity contribution is -0.134. The summed E-state index contributed by atoms with van der Waals surface area (Å²) in [7, 11) is 0. The maximum Gasteiger partial charge on any atom is 0.327 e. The van der Waals surface area contributed by atoms with E-state index in [0.29, 0.717) is 0 Å². The molecule has 0 saturated heterocycles. The van der Waals surface area contributed by atoms with Crippen molar-refractivity contribution < 1.29 is 29.7 Å². The molecular formula is C10H16O6. The summed E-state index contributed by atoms with van der Waals surface area (Å²) in [5.74, 6) is -2.80. The number of hydrogen-bond donors (Lipinski definition) is 3. The van der Waals surface area contributed by atoms with Crippen LogP contribution < -0.4 is 0 Å². The van der Waals surface area contributed by atoms with Crippen LogP contribution in [-0.4, -0.2) is 33.2 Å². The quantitative estimate of drug-likeness (QED) is 0.490. The van der Waals surface area contributed by atoms with E-state index in [0.717, 1.165) is 19.1 Å². The van der Waals surface area contributed by atoms with Gasteiger partial charge in [0, 0.05) is 19.1 Å². The van der Waals surface area contributed by atoms with Crippen LogP contribution in [0.5, 0.6) is 0 Å². The van der Waals surface area contributed by atoms with Crippen molar-refractivity contribution in [2.45, 2.75) is 6.92 Å². The van der Waals surface area contributed by atoms with Crippen LogP contribution in [0, 0.1) is 0 Å². The highest BCUT2D eigenvalue weighted by molar-refractivity contribution is 5.79. The van der Waals surface area contributed by atoms with Crippen molar-refractivity contribution in [3.63, 3.8) is 0 Å². The molecule has 0 spiro atoms. The zero-order chi connectivity index (χ0) is 14.1. The standard InChI is InChI=1S/2C3H4O2.C2H4O2.C2H4/c2*1-2-3(4)5;1-2(3)4;1-2/h2*2H,1H2,(H,4,5);1H3,(H,3,4);1-2H2. The maximum atomic E-state index is 9.25. The Morgan fingerprint density at radius 2 is 0.938 bits per heavy atom. The number of hydrogen-bond acceptors (Lipinski definition) is 3. The molecule has 0 radical (unpaired) electrons. The minimum atomic E-state index is -0.981. The van der Waals surface area contributed by atoms with Gasteiger partial charge in [0.05, 0.1) is 0 Å². The van der Waals surface area contributed by atoms with E-state index in [4.69, 9.17) is 20.1 Å². The molecule has 16 heavy (non-hydrogen) atoms. The molecule has 0 aromatic heterocycles. The van der Waals surface area contributed by atoms with E-state index in [9.17, 15) is 9.59 Å². The Kier molecular flexibility index (Phi) is 33.6. The summed E-state index contributed by atoms with van der Waals surface area (Å²) in [6.07, 6.45) is 1.67. The van der Waals surface area contributed by atoms with Gasteiger partial charge in [0.1, 0.15) is 0 Å². The third kappa shape index (κ3) is 495. The Morgan fingerprint density at radius 1 is 0.875 bits per heavy atom. The number of carboxylic acid groups (broad SMARTS) is 3. The molecule has 0 atom stereocenters. The molecular weight excluding hydrogens is 216 g/mol. The van der Waals surface area contributed by atoms with Gasteiger partial charge >= 0.3 is 11.9 Å². The molecule has 0 saturated carbocycles. The molecule has 0 heterocycles. The molecule has 0 aliphatic carbocycles. The zero-order valence-electron chi connectivity index (χ0n) is 9.05. The van der Waals surface area contributed by atoms with Crippen LogP contribution in [0.1, 0.15) is 6.92 Å². The molecule has 6 nitrogen and oxygen atoms in total. The number of carbonyl (C=O) groups is 3. The van der Waals surface area contributed by atoms with Crippen molar-refractivity contribution in [2.75, 3.05) is 0 Å². The van der Waals surface area contributed by atoms with Gasteiger partial charge in [-0.15, -0.1) is 13.2 Å². The zero-order valence-corrected chi connectivity index (χ0v) is 9.05. The van der Waals surface area contributed by atoms with Crippen molar-refractivity contribution in [1.82, 2.24) is 0 Å². The fourth-order valence-electron chi connectivity index (χ4n) is 0. The first-order chi connectivity index (χ1) is 7.27. The summed E-state index contributed by atoms with van der Waals surface area (Å²) >= 11 is 0. The molecule has 6 heteroatoms. The largest absolute Gasteiger partial charge is 0.481 e. The van der Waals surface area contributed by atoms with Gasteiger partial charge in [-0.2, -0.15) is 0 Å². The lowest BCUT2D eigenvalue weighted by Gasteiger charge is -1.64. The highest BCUT2D eigenvalue weighted by Crippen LogP contribution is 1.55. The summed E-state index contributed by atoms with van der Waals surface area (Å²) in [6.45, 7) is 13.0. The molecule has 0 aliphatic heterocycles. The summed E-state index contributed by atoms with van der Waals surface area (Å²) in [5, 5.41) is 22.6. The van der Waals surface area contributed by atoms with E-state index in [1.807, 2.05) is 0 Å². The predicted molar refractivity (Wildman–Crippen MR) is 60.2 cm³/mol. The van der Waals surface area contributed by atoms with Gasteiger partial charge in [-0.05, 0) is 0 Å². The molecule has 0 aromatic carbocycles. The van der Waals surface area contributed by atoms with Crippen molar-refractivity contribution in [3.8, 4) is 0 Å². The van der Waals surface area contributed by atoms with Crippen molar-refractivity contribution in [1.29, 1.82) is 0 Å². The molecule has 0 fully saturated rings. The van der Waals surface area contributed by atoms with Crippen LogP contribution in [-0.2, 0) is 14.4 Å². The first-order valence-electron chi connectivity index (χ1n) is 3.68.